The maximum Gasteiger partial charge on any atom is 0.326 e. The first-order valence-corrected chi connectivity index (χ1v) is 12.4. The molecule has 0 bridgehead atoms. The number of primary amides is 1. The number of aromatic hydroxyl groups is 1. The van der Waals surface area contributed by atoms with Gasteiger partial charge in [0.25, 0.3) is 0 Å². The van der Waals surface area contributed by atoms with Crippen molar-refractivity contribution in [3.05, 3.63) is 29.8 Å². The fourth-order valence-corrected chi connectivity index (χ4v) is 3.51. The normalized spacial score (nSPS) is 13.5. The Kier molecular flexibility index (Phi) is 14.1. The van der Waals surface area contributed by atoms with Gasteiger partial charge in [-0.3, -0.25) is 29.0 Å². The fourth-order valence-electron chi connectivity index (χ4n) is 3.51. The van der Waals surface area contributed by atoms with Gasteiger partial charge in [0.05, 0.1) is 12.5 Å². The van der Waals surface area contributed by atoms with Gasteiger partial charge in [0.1, 0.15) is 23.9 Å². The van der Waals surface area contributed by atoms with Crippen LogP contribution in [0, 0.1) is 0 Å². The molecule has 0 aliphatic carbocycles. The lowest BCUT2D eigenvalue weighted by Gasteiger charge is -2.25. The van der Waals surface area contributed by atoms with Crippen LogP contribution in [0.2, 0.25) is 0 Å². The van der Waals surface area contributed by atoms with E-state index < -0.39 is 79.0 Å². The van der Waals surface area contributed by atoms with Crippen molar-refractivity contribution in [2.24, 2.45) is 27.9 Å². The molecule has 17 nitrogen and oxygen atoms in total. The van der Waals surface area contributed by atoms with Crippen LogP contribution in [0.15, 0.2) is 29.3 Å². The number of carboxylic acid groups (broad SMARTS) is 2. The zero-order chi connectivity index (χ0) is 31.1. The lowest BCUT2D eigenvalue weighted by Crippen LogP contribution is -2.57. The quantitative estimate of drug-likeness (QED) is 0.0461. The van der Waals surface area contributed by atoms with E-state index in [0.717, 1.165) is 0 Å². The smallest absolute Gasteiger partial charge is 0.326 e. The zero-order valence-electron chi connectivity index (χ0n) is 22.1. The first-order chi connectivity index (χ1) is 19.2. The number of carbonyl (C=O) groups is 6. The molecular formula is C24H36N8O9. The van der Waals surface area contributed by atoms with Gasteiger partial charge in [0.2, 0.25) is 23.6 Å². The topological polar surface area (TPSA) is 316 Å². The second-order valence-electron chi connectivity index (χ2n) is 9.05. The van der Waals surface area contributed by atoms with E-state index in [1.54, 1.807) is 0 Å². The predicted molar refractivity (Wildman–Crippen MR) is 144 cm³/mol. The summed E-state index contributed by atoms with van der Waals surface area (Å²) in [6.07, 6.45) is -1.52. The van der Waals surface area contributed by atoms with Gasteiger partial charge in [0, 0.05) is 19.4 Å². The number of nitrogens with one attached hydrogen (secondary N) is 3. The van der Waals surface area contributed by atoms with E-state index in [9.17, 15) is 39.0 Å². The number of hydrogen-bond acceptors (Lipinski definition) is 9. The molecule has 0 radical (unpaired) electrons. The molecule has 226 valence electrons. The maximum atomic E-state index is 13.1. The maximum absolute atomic E-state index is 13.1. The molecule has 41 heavy (non-hydrogen) atoms. The fraction of sp³-hybridized carbons (Fsp3) is 0.458. The second kappa shape index (κ2) is 16.9. The molecule has 1 aromatic carbocycles. The third-order valence-corrected chi connectivity index (χ3v) is 5.61. The van der Waals surface area contributed by atoms with Crippen LogP contribution in [0.3, 0.4) is 0 Å². The standard InChI is InChI=1S/C24H36N8O9/c25-14(11-18(26)34)20(37)30-16(7-8-19(35)36)22(39)31-15(2-1-9-29-24(27)28)21(38)32-17(23(40)41)10-12-3-5-13(33)6-4-12/h3-6,14-17,33H,1-2,7-11,25H2,(H2,26,34)(H,30,37)(H,31,39)(H,32,38)(H,35,36)(H,40,41)(H4,27,28,29). The van der Waals surface area contributed by atoms with E-state index in [1.807, 2.05) is 0 Å². The molecule has 0 spiro atoms. The summed E-state index contributed by atoms with van der Waals surface area (Å²) in [5.41, 5.74) is 21.7. The molecule has 4 unspecified atom stereocenters. The largest absolute Gasteiger partial charge is 0.508 e. The monoisotopic (exact) mass is 580 g/mol. The summed E-state index contributed by atoms with van der Waals surface area (Å²) in [4.78, 5) is 76.5. The summed E-state index contributed by atoms with van der Waals surface area (Å²) in [6, 6.07) is 0.00308. The van der Waals surface area contributed by atoms with Crippen molar-refractivity contribution in [1.29, 1.82) is 0 Å². The van der Waals surface area contributed by atoms with Gasteiger partial charge < -0.3 is 54.2 Å². The Morgan fingerprint density at radius 1 is 0.805 bits per heavy atom. The van der Waals surface area contributed by atoms with Crippen LogP contribution < -0.4 is 38.9 Å². The number of aliphatic imine (C=N–C) groups is 1. The van der Waals surface area contributed by atoms with E-state index in [2.05, 4.69) is 20.9 Å². The van der Waals surface area contributed by atoms with Crippen molar-refractivity contribution in [2.45, 2.75) is 62.7 Å². The number of aliphatic carboxylic acids is 2. The Bertz CT molecular complexity index is 1120. The highest BCUT2D eigenvalue weighted by molar-refractivity contribution is 5.95. The first kappa shape index (κ1) is 34.1. The van der Waals surface area contributed by atoms with Gasteiger partial charge >= 0.3 is 11.9 Å². The first-order valence-electron chi connectivity index (χ1n) is 12.4. The Labute approximate surface area is 234 Å². The number of phenols is 1. The third-order valence-electron chi connectivity index (χ3n) is 5.61. The van der Waals surface area contributed by atoms with E-state index in [-0.39, 0.29) is 37.5 Å². The van der Waals surface area contributed by atoms with Crippen molar-refractivity contribution in [3.63, 3.8) is 0 Å². The number of nitrogens with two attached hydrogens (primary N) is 4. The molecule has 0 saturated heterocycles. The number of benzene rings is 1. The average Bonchev–Trinajstić information content (AvgIpc) is 2.87. The Hall–Kier alpha value is -4.93. The predicted octanol–water partition coefficient (Wildman–Crippen LogP) is -3.41. The molecule has 0 heterocycles. The van der Waals surface area contributed by atoms with Gasteiger partial charge in [-0.1, -0.05) is 12.1 Å². The van der Waals surface area contributed by atoms with Crippen molar-refractivity contribution < 1.29 is 44.1 Å². The number of phenolic OH excluding ortho intramolecular Hbond substituents is 1. The van der Waals surface area contributed by atoms with Crippen LogP contribution in [0.25, 0.3) is 0 Å². The number of carboxylic acids is 2. The molecule has 4 atom stereocenters. The minimum atomic E-state index is -1.47. The Balaban J connectivity index is 3.12. The highest BCUT2D eigenvalue weighted by Gasteiger charge is 2.31. The van der Waals surface area contributed by atoms with Crippen LogP contribution in [0.1, 0.15) is 37.7 Å². The summed E-state index contributed by atoms with van der Waals surface area (Å²) < 4.78 is 0. The molecule has 0 aliphatic rings. The number of carbonyl (C=O) groups excluding carboxylic acids is 4. The minimum Gasteiger partial charge on any atom is -0.508 e. The summed E-state index contributed by atoms with van der Waals surface area (Å²) >= 11 is 0. The minimum absolute atomic E-state index is 0.0339. The van der Waals surface area contributed by atoms with E-state index >= 15 is 0 Å². The van der Waals surface area contributed by atoms with Crippen LogP contribution >= 0.6 is 0 Å². The molecule has 0 fully saturated rings. The van der Waals surface area contributed by atoms with Crippen molar-refractivity contribution in [2.75, 3.05) is 6.54 Å². The SMILES string of the molecule is NC(=O)CC(N)C(=O)NC(CCC(=O)O)C(=O)NC(CCCN=C(N)N)C(=O)NC(Cc1ccc(O)cc1)C(=O)O. The number of amides is 4. The van der Waals surface area contributed by atoms with Crippen molar-refractivity contribution in [3.8, 4) is 5.75 Å². The van der Waals surface area contributed by atoms with Crippen LogP contribution in [-0.4, -0.2) is 87.6 Å². The number of guanidine groups is 1. The van der Waals surface area contributed by atoms with Gasteiger partial charge in [0.15, 0.2) is 5.96 Å². The van der Waals surface area contributed by atoms with Gasteiger partial charge in [-0.05, 0) is 37.0 Å². The summed E-state index contributed by atoms with van der Waals surface area (Å²) in [7, 11) is 0. The lowest BCUT2D eigenvalue weighted by atomic mass is 10.0. The number of nitrogens with zero attached hydrogens (tertiary/aromatic N) is 1. The average molecular weight is 581 g/mol. The molecule has 4 amide bonds. The van der Waals surface area contributed by atoms with Crippen LogP contribution in [-0.2, 0) is 35.2 Å². The molecule has 1 aromatic rings. The Morgan fingerprint density at radius 2 is 1.34 bits per heavy atom. The molecule has 0 aromatic heterocycles. The van der Waals surface area contributed by atoms with Gasteiger partial charge in [-0.2, -0.15) is 0 Å². The van der Waals surface area contributed by atoms with Crippen molar-refractivity contribution >= 4 is 41.5 Å². The molecule has 17 heteroatoms. The second-order valence-corrected chi connectivity index (χ2v) is 9.05. The van der Waals surface area contributed by atoms with E-state index in [0.29, 0.717) is 5.56 Å². The highest BCUT2D eigenvalue weighted by Crippen LogP contribution is 2.12. The molecule has 14 N–H and O–H groups in total. The summed E-state index contributed by atoms with van der Waals surface area (Å²) in [5.74, 6) is -6.57. The molecule has 0 aliphatic heterocycles. The molecule has 1 rings (SSSR count). The van der Waals surface area contributed by atoms with E-state index in [4.69, 9.17) is 28.0 Å². The zero-order valence-corrected chi connectivity index (χ0v) is 22.1. The summed E-state index contributed by atoms with van der Waals surface area (Å²) in [6.45, 7) is 0.0685. The van der Waals surface area contributed by atoms with Crippen LogP contribution in [0.5, 0.6) is 5.75 Å². The van der Waals surface area contributed by atoms with Gasteiger partial charge in [-0.25, -0.2) is 4.79 Å². The number of hydrogen-bond donors (Lipinski definition) is 10. The highest BCUT2D eigenvalue weighted by atomic mass is 16.4. The number of rotatable bonds is 18. The van der Waals surface area contributed by atoms with E-state index in [1.165, 1.54) is 24.3 Å². The summed E-state index contributed by atoms with van der Waals surface area (Å²) in [5, 5.41) is 35.2. The Morgan fingerprint density at radius 3 is 1.85 bits per heavy atom. The molecule has 0 saturated carbocycles. The van der Waals surface area contributed by atoms with Crippen molar-refractivity contribution in [1.82, 2.24) is 16.0 Å². The van der Waals surface area contributed by atoms with Gasteiger partial charge in [-0.15, -0.1) is 0 Å². The molecular weight excluding hydrogens is 544 g/mol. The van der Waals surface area contributed by atoms with Crippen LogP contribution in [0.4, 0.5) is 0 Å². The third kappa shape index (κ3) is 13.6. The lowest BCUT2D eigenvalue weighted by molar-refractivity contribution is -0.142.